The third-order valence-corrected chi connectivity index (χ3v) is 4.19. The first-order valence-corrected chi connectivity index (χ1v) is 8.30. The molecule has 1 heterocycles. The predicted octanol–water partition coefficient (Wildman–Crippen LogP) is 3.63. The molecule has 0 spiro atoms. The molecule has 0 unspecified atom stereocenters. The van der Waals surface area contributed by atoms with Crippen LogP contribution in [0.15, 0.2) is 48.8 Å². The number of anilines is 1. The summed E-state index contributed by atoms with van der Waals surface area (Å²) in [4.78, 5) is 26.3. The number of nitrogens with one attached hydrogen (secondary N) is 1. The molecular formula is C19H17FN4O4. The minimum atomic E-state index is -0.804. The van der Waals surface area contributed by atoms with Gasteiger partial charge < -0.3 is 14.6 Å². The van der Waals surface area contributed by atoms with E-state index in [0.29, 0.717) is 22.8 Å². The molecule has 0 aliphatic carbocycles. The fourth-order valence-corrected chi connectivity index (χ4v) is 2.77. The van der Waals surface area contributed by atoms with E-state index in [9.17, 15) is 19.3 Å². The van der Waals surface area contributed by atoms with E-state index in [0.717, 1.165) is 7.11 Å². The lowest BCUT2D eigenvalue weighted by molar-refractivity contribution is -0.385. The molecule has 0 radical (unpaired) electrons. The van der Waals surface area contributed by atoms with E-state index in [-0.39, 0.29) is 17.8 Å². The van der Waals surface area contributed by atoms with Crippen LogP contribution < -0.4 is 5.32 Å². The maximum Gasteiger partial charge on any atom is 0.344 e. The third kappa shape index (κ3) is 3.83. The van der Waals surface area contributed by atoms with Gasteiger partial charge in [0.2, 0.25) is 0 Å². The molecule has 1 N–H and O–H groups in total. The van der Waals surface area contributed by atoms with Crippen molar-refractivity contribution in [1.82, 2.24) is 9.55 Å². The summed E-state index contributed by atoms with van der Waals surface area (Å²) >= 11 is 0. The van der Waals surface area contributed by atoms with E-state index in [4.69, 9.17) is 0 Å². The number of imidazole rings is 1. The lowest BCUT2D eigenvalue weighted by Gasteiger charge is -2.11. The Labute approximate surface area is 159 Å². The summed E-state index contributed by atoms with van der Waals surface area (Å²) in [6.07, 6.45) is 3.27. The molecule has 0 atom stereocenters. The van der Waals surface area contributed by atoms with Crippen molar-refractivity contribution in [2.45, 2.75) is 13.5 Å². The molecule has 9 heteroatoms. The van der Waals surface area contributed by atoms with Crippen molar-refractivity contribution in [1.29, 1.82) is 0 Å². The van der Waals surface area contributed by atoms with Crippen molar-refractivity contribution in [3.8, 4) is 5.69 Å². The van der Waals surface area contributed by atoms with Crippen LogP contribution in [-0.4, -0.2) is 27.6 Å². The average molecular weight is 384 g/mol. The number of carbonyl (C=O) groups excluding carboxylic acids is 1. The number of aromatic nitrogens is 2. The van der Waals surface area contributed by atoms with Gasteiger partial charge in [-0.3, -0.25) is 10.1 Å². The fraction of sp³-hybridized carbons (Fsp3) is 0.158. The average Bonchev–Trinajstić information content (AvgIpc) is 3.11. The third-order valence-electron chi connectivity index (χ3n) is 4.19. The molecule has 0 saturated heterocycles. The fourth-order valence-electron chi connectivity index (χ4n) is 2.77. The van der Waals surface area contributed by atoms with Crippen LogP contribution >= 0.6 is 0 Å². The summed E-state index contributed by atoms with van der Waals surface area (Å²) in [5.41, 5.74) is 1.03. The van der Waals surface area contributed by atoms with Gasteiger partial charge in [-0.2, -0.15) is 0 Å². The Morgan fingerprint density at radius 1 is 1.32 bits per heavy atom. The van der Waals surface area contributed by atoms with Gasteiger partial charge in [-0.05, 0) is 36.8 Å². The normalized spacial score (nSPS) is 10.5. The summed E-state index contributed by atoms with van der Waals surface area (Å²) in [6.45, 7) is 2.04. The number of hydrogen-bond acceptors (Lipinski definition) is 6. The highest BCUT2D eigenvalue weighted by atomic mass is 19.1. The molecule has 0 bridgehead atoms. The van der Waals surface area contributed by atoms with Gasteiger partial charge in [-0.15, -0.1) is 0 Å². The van der Waals surface area contributed by atoms with Crippen molar-refractivity contribution >= 4 is 17.3 Å². The van der Waals surface area contributed by atoms with E-state index >= 15 is 0 Å². The van der Waals surface area contributed by atoms with E-state index in [2.05, 4.69) is 15.0 Å². The minimum Gasteiger partial charge on any atom is -0.465 e. The number of benzene rings is 2. The molecule has 2 aromatic carbocycles. The van der Waals surface area contributed by atoms with Crippen LogP contribution in [0.25, 0.3) is 5.69 Å². The van der Waals surface area contributed by atoms with Crippen LogP contribution in [0.3, 0.4) is 0 Å². The van der Waals surface area contributed by atoms with Gasteiger partial charge in [0, 0.05) is 30.7 Å². The summed E-state index contributed by atoms with van der Waals surface area (Å²) < 4.78 is 20.7. The number of halogens is 1. The van der Waals surface area contributed by atoms with Gasteiger partial charge in [0.1, 0.15) is 17.2 Å². The van der Waals surface area contributed by atoms with E-state index in [1.165, 1.54) is 24.3 Å². The zero-order valence-electron chi connectivity index (χ0n) is 15.2. The number of nitro benzene ring substituents is 1. The van der Waals surface area contributed by atoms with Gasteiger partial charge >= 0.3 is 5.97 Å². The second kappa shape index (κ2) is 7.87. The number of rotatable bonds is 6. The van der Waals surface area contributed by atoms with Crippen LogP contribution in [0.5, 0.6) is 0 Å². The zero-order valence-corrected chi connectivity index (χ0v) is 15.2. The molecule has 0 aliphatic heterocycles. The number of nitro groups is 1. The molecule has 3 aromatic rings. The van der Waals surface area contributed by atoms with E-state index < -0.39 is 16.7 Å². The number of esters is 1. The Bertz CT molecular complexity index is 1050. The minimum absolute atomic E-state index is 0.158. The maximum atomic E-state index is 14.5. The van der Waals surface area contributed by atoms with Gasteiger partial charge in [-0.25, -0.2) is 14.2 Å². The highest BCUT2D eigenvalue weighted by molar-refractivity contribution is 5.95. The maximum absolute atomic E-state index is 14.5. The molecule has 0 amide bonds. The van der Waals surface area contributed by atoms with Crippen LogP contribution in [-0.2, 0) is 11.3 Å². The molecule has 0 saturated carbocycles. The van der Waals surface area contributed by atoms with Crippen molar-refractivity contribution in [3.63, 3.8) is 0 Å². The predicted molar refractivity (Wildman–Crippen MR) is 100 cm³/mol. The molecule has 28 heavy (non-hydrogen) atoms. The Morgan fingerprint density at radius 3 is 2.71 bits per heavy atom. The first-order valence-electron chi connectivity index (χ1n) is 8.30. The Morgan fingerprint density at radius 2 is 2.11 bits per heavy atom. The zero-order chi connectivity index (χ0) is 20.3. The van der Waals surface area contributed by atoms with Crippen LogP contribution in [0.1, 0.15) is 21.7 Å². The number of methoxy groups -OCH3 is 1. The summed E-state index contributed by atoms with van der Waals surface area (Å²) in [7, 11) is 1.15. The van der Waals surface area contributed by atoms with E-state index in [1.807, 2.05) is 0 Å². The number of hydrogen-bond donors (Lipinski definition) is 1. The number of carbonyl (C=O) groups is 1. The summed E-state index contributed by atoms with van der Waals surface area (Å²) in [6, 6.07) is 8.84. The number of ether oxygens (including phenoxy) is 1. The first kappa shape index (κ1) is 19.0. The lowest BCUT2D eigenvalue weighted by atomic mass is 10.1. The standard InChI is InChI=1S/C19H17FN4O4/c1-12-21-7-8-23(12)18-5-3-13(9-16(18)20)11-22-14-4-6-17(24(26)27)15(10-14)19(25)28-2/h3-10,22H,11H2,1-2H3. The van der Waals surface area contributed by atoms with E-state index in [1.54, 1.807) is 36.0 Å². The quantitative estimate of drug-likeness (QED) is 0.396. The van der Waals surface area contributed by atoms with Crippen LogP contribution in [0, 0.1) is 22.9 Å². The van der Waals surface area contributed by atoms with Gasteiger partial charge in [-0.1, -0.05) is 6.07 Å². The largest absolute Gasteiger partial charge is 0.465 e. The highest BCUT2D eigenvalue weighted by Crippen LogP contribution is 2.24. The molecule has 0 fully saturated rings. The summed E-state index contributed by atoms with van der Waals surface area (Å²) in [5.74, 6) is -0.535. The summed E-state index contributed by atoms with van der Waals surface area (Å²) in [5, 5.41) is 14.1. The molecule has 3 rings (SSSR count). The van der Waals surface area contributed by atoms with Crippen LogP contribution in [0.2, 0.25) is 0 Å². The lowest BCUT2D eigenvalue weighted by Crippen LogP contribution is -2.08. The Hall–Kier alpha value is -3.75. The topological polar surface area (TPSA) is 99.3 Å². The van der Waals surface area contributed by atoms with Gasteiger partial charge in [0.05, 0.1) is 17.7 Å². The highest BCUT2D eigenvalue weighted by Gasteiger charge is 2.21. The SMILES string of the molecule is COC(=O)c1cc(NCc2ccc(-n3ccnc3C)c(F)c2)ccc1[N+](=O)[O-]. The second-order valence-corrected chi connectivity index (χ2v) is 5.96. The van der Waals surface area contributed by atoms with Crippen LogP contribution in [0.4, 0.5) is 15.8 Å². The molecule has 144 valence electrons. The number of nitrogens with zero attached hydrogens (tertiary/aromatic N) is 3. The molecule has 8 nitrogen and oxygen atoms in total. The molecule has 1 aromatic heterocycles. The smallest absolute Gasteiger partial charge is 0.344 e. The second-order valence-electron chi connectivity index (χ2n) is 5.96. The van der Waals surface area contributed by atoms with Crippen molar-refractivity contribution in [2.75, 3.05) is 12.4 Å². The van der Waals surface area contributed by atoms with Gasteiger partial charge in [0.25, 0.3) is 5.69 Å². The molecule has 0 aliphatic rings. The van der Waals surface area contributed by atoms with Gasteiger partial charge in [0.15, 0.2) is 0 Å². The van der Waals surface area contributed by atoms with Crippen molar-refractivity contribution in [2.24, 2.45) is 0 Å². The van der Waals surface area contributed by atoms with Crippen molar-refractivity contribution in [3.05, 3.63) is 81.7 Å². The monoisotopic (exact) mass is 384 g/mol. The number of aryl methyl sites for hydroxylation is 1. The molecular weight excluding hydrogens is 367 g/mol. The van der Waals surface area contributed by atoms with Crippen molar-refractivity contribution < 1.29 is 18.8 Å². The Balaban J connectivity index is 1.79. The first-order chi connectivity index (χ1) is 13.4. The Kier molecular flexibility index (Phi) is 5.35.